The molecule has 2 rings (SSSR count). The highest BCUT2D eigenvalue weighted by atomic mass is 16.4. The minimum atomic E-state index is 0.562. The number of hydrogen-bond acceptors (Lipinski definition) is 4. The Balaban J connectivity index is 2.10. The van der Waals surface area contributed by atoms with Gasteiger partial charge < -0.3 is 9.73 Å². The maximum Gasteiger partial charge on any atom is 0.235 e. The van der Waals surface area contributed by atoms with Gasteiger partial charge in [-0.05, 0) is 25.0 Å². The lowest BCUT2D eigenvalue weighted by molar-refractivity contribution is 0.474. The van der Waals surface area contributed by atoms with E-state index in [0.717, 1.165) is 5.69 Å². The first-order chi connectivity index (χ1) is 7.66. The van der Waals surface area contributed by atoms with Crippen molar-refractivity contribution in [2.24, 2.45) is 0 Å². The van der Waals surface area contributed by atoms with Crippen molar-refractivity contribution in [3.8, 4) is 0 Å². The molecule has 1 heterocycles. The largest absolute Gasteiger partial charge is 0.424 e. The fraction of sp³-hybridized carbons (Fsp3) is 0.333. The first-order valence-corrected chi connectivity index (χ1v) is 5.26. The summed E-state index contributed by atoms with van der Waals surface area (Å²) >= 11 is 0. The van der Waals surface area contributed by atoms with E-state index in [4.69, 9.17) is 4.42 Å². The molecule has 0 bridgehead atoms. The lowest BCUT2D eigenvalue weighted by Crippen LogP contribution is -2.03. The predicted octanol–water partition coefficient (Wildman–Crippen LogP) is 2.61. The molecule has 0 spiro atoms. The van der Waals surface area contributed by atoms with Crippen LogP contribution in [0.3, 0.4) is 0 Å². The van der Waals surface area contributed by atoms with Crippen LogP contribution in [0.5, 0.6) is 0 Å². The Kier molecular flexibility index (Phi) is 2.90. The molecule has 1 aromatic carbocycles. The maximum absolute atomic E-state index is 5.30. The number of benzene rings is 1. The third-order valence-corrected chi connectivity index (χ3v) is 2.47. The third kappa shape index (κ3) is 2.21. The van der Waals surface area contributed by atoms with Crippen molar-refractivity contribution in [1.29, 1.82) is 0 Å². The molecule has 1 N–H and O–H groups in total. The molecular weight excluding hydrogens is 202 g/mol. The number of aromatic nitrogens is 2. The summed E-state index contributed by atoms with van der Waals surface area (Å²) in [5, 5.41) is 11.0. The zero-order chi connectivity index (χ0) is 11.5. The van der Waals surface area contributed by atoms with E-state index in [9.17, 15) is 0 Å². The van der Waals surface area contributed by atoms with Crippen molar-refractivity contribution in [3.05, 3.63) is 41.1 Å². The molecule has 0 fully saturated rings. The first-order valence-electron chi connectivity index (χ1n) is 5.26. The second kappa shape index (κ2) is 4.35. The average Bonchev–Trinajstić information content (AvgIpc) is 2.63. The molecule has 4 nitrogen and oxygen atoms in total. The van der Waals surface area contributed by atoms with Gasteiger partial charge >= 0.3 is 0 Å². The Hall–Kier alpha value is -1.84. The lowest BCUT2D eigenvalue weighted by Gasteiger charge is -2.10. The van der Waals surface area contributed by atoms with E-state index in [2.05, 4.69) is 41.5 Å². The quantitative estimate of drug-likeness (QED) is 0.858. The SMILES string of the molecule is Cc1nnc(CNc2c(C)cccc2C)o1. The van der Waals surface area contributed by atoms with Crippen LogP contribution in [0, 0.1) is 20.8 Å². The van der Waals surface area contributed by atoms with Crippen LogP contribution in [0.4, 0.5) is 5.69 Å². The van der Waals surface area contributed by atoms with E-state index in [0.29, 0.717) is 18.3 Å². The molecule has 0 aliphatic carbocycles. The normalized spacial score (nSPS) is 10.4. The van der Waals surface area contributed by atoms with Gasteiger partial charge in [0.1, 0.15) is 0 Å². The molecule has 0 aliphatic heterocycles. The van der Waals surface area contributed by atoms with Crippen LogP contribution in [-0.4, -0.2) is 10.2 Å². The Bertz CT molecular complexity index is 471. The second-order valence-electron chi connectivity index (χ2n) is 3.84. The number of para-hydroxylation sites is 1. The van der Waals surface area contributed by atoms with Gasteiger partial charge in [0.05, 0.1) is 6.54 Å². The minimum Gasteiger partial charge on any atom is -0.424 e. The Morgan fingerprint density at radius 1 is 1.12 bits per heavy atom. The van der Waals surface area contributed by atoms with E-state index >= 15 is 0 Å². The summed E-state index contributed by atoms with van der Waals surface area (Å²) in [6.07, 6.45) is 0. The summed E-state index contributed by atoms with van der Waals surface area (Å²) in [4.78, 5) is 0. The number of nitrogens with one attached hydrogen (secondary N) is 1. The lowest BCUT2D eigenvalue weighted by atomic mass is 10.1. The van der Waals surface area contributed by atoms with Crippen LogP contribution in [0.15, 0.2) is 22.6 Å². The van der Waals surface area contributed by atoms with Crippen LogP contribution in [0.2, 0.25) is 0 Å². The molecule has 0 saturated carbocycles. The summed E-state index contributed by atoms with van der Waals surface area (Å²) in [5.41, 5.74) is 3.57. The zero-order valence-electron chi connectivity index (χ0n) is 9.74. The summed E-state index contributed by atoms with van der Waals surface area (Å²) in [6, 6.07) is 6.20. The van der Waals surface area contributed by atoms with Crippen LogP contribution in [-0.2, 0) is 6.54 Å². The monoisotopic (exact) mass is 217 g/mol. The van der Waals surface area contributed by atoms with E-state index in [1.165, 1.54) is 11.1 Å². The highest BCUT2D eigenvalue weighted by Crippen LogP contribution is 2.19. The topological polar surface area (TPSA) is 51.0 Å². The van der Waals surface area contributed by atoms with E-state index in [1.807, 2.05) is 6.07 Å². The van der Waals surface area contributed by atoms with Crippen molar-refractivity contribution in [2.45, 2.75) is 27.3 Å². The van der Waals surface area contributed by atoms with Crippen LogP contribution >= 0.6 is 0 Å². The number of nitrogens with zero attached hydrogens (tertiary/aromatic N) is 2. The molecule has 2 aromatic rings. The average molecular weight is 217 g/mol. The van der Waals surface area contributed by atoms with Gasteiger partial charge in [-0.15, -0.1) is 10.2 Å². The molecule has 0 radical (unpaired) electrons. The van der Waals surface area contributed by atoms with Crippen molar-refractivity contribution in [3.63, 3.8) is 0 Å². The summed E-state index contributed by atoms with van der Waals surface area (Å²) in [6.45, 7) is 6.50. The molecule has 0 unspecified atom stereocenters. The zero-order valence-corrected chi connectivity index (χ0v) is 9.74. The van der Waals surface area contributed by atoms with Gasteiger partial charge in [-0.25, -0.2) is 0 Å². The molecule has 0 atom stereocenters. The van der Waals surface area contributed by atoms with Gasteiger partial charge in [-0.1, -0.05) is 18.2 Å². The van der Waals surface area contributed by atoms with Gasteiger partial charge in [0.2, 0.25) is 11.8 Å². The maximum atomic E-state index is 5.30. The summed E-state index contributed by atoms with van der Waals surface area (Å²) < 4.78 is 5.30. The number of rotatable bonds is 3. The molecule has 1 aromatic heterocycles. The van der Waals surface area contributed by atoms with E-state index < -0.39 is 0 Å². The molecule has 0 aliphatic rings. The second-order valence-corrected chi connectivity index (χ2v) is 3.84. The first kappa shape index (κ1) is 10.7. The predicted molar refractivity (Wildman–Crippen MR) is 62.3 cm³/mol. The third-order valence-electron chi connectivity index (χ3n) is 2.47. The molecule has 4 heteroatoms. The summed E-state index contributed by atoms with van der Waals surface area (Å²) in [5.74, 6) is 1.21. The Labute approximate surface area is 94.7 Å². The van der Waals surface area contributed by atoms with Gasteiger partial charge in [0, 0.05) is 12.6 Å². The van der Waals surface area contributed by atoms with Crippen LogP contribution in [0.1, 0.15) is 22.9 Å². The fourth-order valence-electron chi connectivity index (χ4n) is 1.67. The smallest absolute Gasteiger partial charge is 0.235 e. The standard InChI is InChI=1S/C12H15N3O/c1-8-5-4-6-9(2)12(8)13-7-11-15-14-10(3)16-11/h4-6,13H,7H2,1-3H3. The van der Waals surface area contributed by atoms with Crippen LogP contribution < -0.4 is 5.32 Å². The highest BCUT2D eigenvalue weighted by Gasteiger charge is 2.04. The number of aryl methyl sites for hydroxylation is 3. The number of anilines is 1. The Morgan fingerprint density at radius 3 is 2.38 bits per heavy atom. The molecule has 16 heavy (non-hydrogen) atoms. The van der Waals surface area contributed by atoms with Gasteiger partial charge in [-0.2, -0.15) is 0 Å². The minimum absolute atomic E-state index is 0.562. The van der Waals surface area contributed by atoms with E-state index in [1.54, 1.807) is 6.92 Å². The van der Waals surface area contributed by atoms with Crippen molar-refractivity contribution < 1.29 is 4.42 Å². The summed E-state index contributed by atoms with van der Waals surface area (Å²) in [7, 11) is 0. The fourth-order valence-corrected chi connectivity index (χ4v) is 1.67. The van der Waals surface area contributed by atoms with Crippen molar-refractivity contribution >= 4 is 5.69 Å². The van der Waals surface area contributed by atoms with Crippen molar-refractivity contribution in [2.75, 3.05) is 5.32 Å². The van der Waals surface area contributed by atoms with Gasteiger partial charge in [-0.3, -0.25) is 0 Å². The van der Waals surface area contributed by atoms with Crippen LogP contribution in [0.25, 0.3) is 0 Å². The molecule has 0 amide bonds. The Morgan fingerprint density at radius 2 is 1.81 bits per heavy atom. The van der Waals surface area contributed by atoms with Gasteiger partial charge in [0.25, 0.3) is 0 Å². The van der Waals surface area contributed by atoms with Crippen molar-refractivity contribution in [1.82, 2.24) is 10.2 Å². The molecular formula is C12H15N3O. The molecule has 84 valence electrons. The van der Waals surface area contributed by atoms with E-state index in [-0.39, 0.29) is 0 Å². The number of hydrogen-bond donors (Lipinski definition) is 1. The highest BCUT2D eigenvalue weighted by molar-refractivity contribution is 5.56. The molecule has 0 saturated heterocycles. The van der Waals surface area contributed by atoms with Gasteiger partial charge in [0.15, 0.2) is 0 Å².